The molecule has 2 aliphatic carbocycles. The number of carbonyl (C=O) groups is 2. The molecule has 1 aliphatic heterocycles. The largest absolute Gasteiger partial charge is 0.508 e. The Morgan fingerprint density at radius 2 is 1.59 bits per heavy atom. The van der Waals surface area contributed by atoms with E-state index in [9.17, 15) is 24.9 Å². The fraction of sp³-hybridized carbons (Fsp3) is 0.227. The smallest absolute Gasteiger partial charge is 0.336 e. The summed E-state index contributed by atoms with van der Waals surface area (Å²) in [6.07, 6.45) is 4.89. The quantitative estimate of drug-likeness (QED) is 0.0581. The second-order valence-corrected chi connectivity index (χ2v) is 14.2. The number of hydrogen-bond donors (Lipinski definition) is 6. The van der Waals surface area contributed by atoms with Crippen molar-refractivity contribution in [3.63, 3.8) is 0 Å². The molecule has 0 saturated heterocycles. The highest BCUT2D eigenvalue weighted by molar-refractivity contribution is 7.80. The average molecular weight is 774 g/mol. The lowest BCUT2D eigenvalue weighted by Gasteiger charge is -2.35. The number of aliphatic carboxylic acids is 1. The first kappa shape index (κ1) is 39.5. The van der Waals surface area contributed by atoms with Gasteiger partial charge in [-0.05, 0) is 128 Å². The molecule has 0 spiro atoms. The van der Waals surface area contributed by atoms with Crippen molar-refractivity contribution in [1.29, 1.82) is 0 Å². The Morgan fingerprint density at radius 1 is 0.875 bits per heavy atom. The van der Waals surface area contributed by atoms with Gasteiger partial charge in [0.25, 0.3) is 5.97 Å². The maximum absolute atomic E-state index is 12.6. The van der Waals surface area contributed by atoms with Gasteiger partial charge in [0.05, 0.1) is 5.56 Å². The molecule has 0 radical (unpaired) electrons. The lowest BCUT2D eigenvalue weighted by Crippen LogP contribution is -2.41. The minimum absolute atomic E-state index is 0.0170. The number of thiocarbonyl (C=S) groups is 1. The van der Waals surface area contributed by atoms with Crippen molar-refractivity contribution in [3.05, 3.63) is 130 Å². The molecule has 1 heterocycles. The first-order valence-electron chi connectivity index (χ1n) is 18.4. The molecule has 288 valence electrons. The van der Waals surface area contributed by atoms with Crippen LogP contribution < -0.4 is 16.1 Å². The number of anilines is 2. The van der Waals surface area contributed by atoms with E-state index in [0.717, 1.165) is 63.4 Å². The molecule has 12 heteroatoms. The molecule has 0 saturated carbocycles. The summed E-state index contributed by atoms with van der Waals surface area (Å²) < 4.78 is 5.93. The van der Waals surface area contributed by atoms with Gasteiger partial charge in [0.15, 0.2) is 10.5 Å². The van der Waals surface area contributed by atoms with Gasteiger partial charge in [0, 0.05) is 59.5 Å². The predicted molar refractivity (Wildman–Crippen MR) is 222 cm³/mol. The van der Waals surface area contributed by atoms with E-state index in [1.54, 1.807) is 30.3 Å². The van der Waals surface area contributed by atoms with E-state index in [2.05, 4.69) is 40.7 Å². The van der Waals surface area contributed by atoms with Gasteiger partial charge in [-0.3, -0.25) is 14.5 Å². The monoisotopic (exact) mass is 773 g/mol. The lowest BCUT2D eigenvalue weighted by atomic mass is 9.86. The van der Waals surface area contributed by atoms with E-state index in [-0.39, 0.29) is 22.5 Å². The predicted octanol–water partition coefficient (Wildman–Crippen LogP) is 8.39. The number of nitrogens with zero attached hydrogens (tertiary/aromatic N) is 1. The molecule has 0 aromatic heterocycles. The molecule has 56 heavy (non-hydrogen) atoms. The van der Waals surface area contributed by atoms with Crippen LogP contribution in [0, 0.1) is 0 Å². The zero-order chi connectivity index (χ0) is 39.9. The Labute approximate surface area is 329 Å². The highest BCUT2D eigenvalue weighted by Crippen LogP contribution is 2.42. The number of fused-ring (bicyclic) bond motifs is 3. The number of hydrogen-bond acceptors (Lipinski definition) is 8. The fourth-order valence-electron chi connectivity index (χ4n) is 7.33. The molecule has 1 unspecified atom stereocenters. The van der Waals surface area contributed by atoms with Gasteiger partial charge < -0.3 is 35.5 Å². The van der Waals surface area contributed by atoms with Crippen LogP contribution in [0.3, 0.4) is 0 Å². The third kappa shape index (κ3) is 9.34. The summed E-state index contributed by atoms with van der Waals surface area (Å²) in [7, 11) is 0. The van der Waals surface area contributed by atoms with Crippen LogP contribution >= 0.6 is 12.2 Å². The molecule has 7 rings (SSSR count). The van der Waals surface area contributed by atoms with Gasteiger partial charge in [0.1, 0.15) is 22.8 Å². The molecule has 4 aromatic carbocycles. The second kappa shape index (κ2) is 17.5. The summed E-state index contributed by atoms with van der Waals surface area (Å²) in [5.74, 6) is -1.29. The minimum atomic E-state index is -1.14. The average Bonchev–Trinajstić information content (AvgIpc) is 3.16. The maximum atomic E-state index is 12.6. The lowest BCUT2D eigenvalue weighted by molar-refractivity contribution is -0.134. The Morgan fingerprint density at radius 3 is 2.32 bits per heavy atom. The van der Waals surface area contributed by atoms with E-state index in [1.165, 1.54) is 41.5 Å². The van der Waals surface area contributed by atoms with Crippen molar-refractivity contribution >= 4 is 51.6 Å². The summed E-state index contributed by atoms with van der Waals surface area (Å²) in [6, 6.07) is 28.4. The molecule has 0 amide bonds. The Hall–Kier alpha value is -6.24. The summed E-state index contributed by atoms with van der Waals surface area (Å²) in [5, 5.41) is 45.3. The van der Waals surface area contributed by atoms with Crippen molar-refractivity contribution in [2.75, 3.05) is 23.7 Å². The van der Waals surface area contributed by atoms with E-state index >= 15 is 0 Å². The summed E-state index contributed by atoms with van der Waals surface area (Å²) >= 11 is 5.60. The first-order valence-corrected chi connectivity index (χ1v) is 18.8. The first-order chi connectivity index (χ1) is 26.9. The maximum Gasteiger partial charge on any atom is 0.336 e. The van der Waals surface area contributed by atoms with Gasteiger partial charge in [0.2, 0.25) is 0 Å². The molecule has 0 fully saturated rings. The van der Waals surface area contributed by atoms with Gasteiger partial charge in [-0.2, -0.15) is 0 Å². The van der Waals surface area contributed by atoms with Crippen LogP contribution in [0.4, 0.5) is 11.4 Å². The van der Waals surface area contributed by atoms with Gasteiger partial charge >= 0.3 is 5.97 Å². The number of phenolic OH excluding ortho intramolecular Hbond substituents is 2. The van der Waals surface area contributed by atoms with Crippen LogP contribution in [0.2, 0.25) is 0 Å². The van der Waals surface area contributed by atoms with E-state index in [1.807, 2.05) is 18.2 Å². The van der Waals surface area contributed by atoms with Crippen LogP contribution in [0.15, 0.2) is 106 Å². The number of carboxylic acid groups (broad SMARTS) is 2. The Kier molecular flexibility index (Phi) is 12.3. The van der Waals surface area contributed by atoms with Gasteiger partial charge in [-0.1, -0.05) is 37.3 Å². The summed E-state index contributed by atoms with van der Waals surface area (Å²) in [5.41, 5.74) is 6.52. The summed E-state index contributed by atoms with van der Waals surface area (Å²) in [4.78, 5) is 36.3. The van der Waals surface area contributed by atoms with Crippen molar-refractivity contribution < 1.29 is 34.4 Å². The number of phenols is 2. The van der Waals surface area contributed by atoms with Crippen LogP contribution in [0.1, 0.15) is 53.7 Å². The van der Waals surface area contributed by atoms with Crippen LogP contribution in [-0.2, 0) is 24.1 Å². The number of rotatable bonds is 10. The molecule has 3 aliphatic rings. The summed E-state index contributed by atoms with van der Waals surface area (Å²) in [6.45, 7) is 5.28. The Bertz CT molecular complexity index is 2420. The van der Waals surface area contributed by atoms with Gasteiger partial charge in [-0.25, -0.2) is 4.79 Å². The molecule has 0 bridgehead atoms. The third-order valence-corrected chi connectivity index (χ3v) is 10.0. The standard InChI is InChI=1S/C42H39N3O6S.C2H4O2/c1-2-19-45(29-11-15-32-26(21-29)4-3-5-37(32)48)20-18-25-6-8-27(9-7-25)43-42(52)44-28-10-14-33(36(22-28)41(49)50)40-34-16-12-30(46)23-38(34)51-39-24-31(47)13-17-35(39)40;1-2(3)4/h3-10,12-14,16-17,22-24,29,46,48H,2,11,15,18-21H2,1H3,(H,49,50)(H2,43,44,52);1H3,(H,3,4). The molecule has 6 N–H and O–H groups in total. The van der Waals surface area contributed by atoms with Crippen molar-refractivity contribution in [2.24, 2.45) is 0 Å². The van der Waals surface area contributed by atoms with Crippen molar-refractivity contribution in [3.8, 4) is 33.9 Å². The van der Waals surface area contributed by atoms with Crippen LogP contribution in [-0.4, -0.2) is 61.5 Å². The van der Waals surface area contributed by atoms with Crippen LogP contribution in [0.25, 0.3) is 33.4 Å². The fourth-order valence-corrected chi connectivity index (χ4v) is 7.57. The highest BCUT2D eigenvalue weighted by atomic mass is 32.1. The SMILES string of the molecule is CC(=O)O.CCCN(CCc1ccc(NC(=S)Nc2ccc(-c3c4ccc(=O)cc-4oc4cc(O)ccc34)c(C(=O)O)c2)cc1)C1CCc2c(O)cccc2C1. The van der Waals surface area contributed by atoms with Gasteiger partial charge in [-0.15, -0.1) is 0 Å². The molecular formula is C44H43N3O8S. The molecule has 1 atom stereocenters. The van der Waals surface area contributed by atoms with E-state index < -0.39 is 11.9 Å². The zero-order valence-corrected chi connectivity index (χ0v) is 31.9. The normalized spacial score (nSPS) is 13.4. The topological polar surface area (TPSA) is 173 Å². The molecule has 11 nitrogen and oxygen atoms in total. The number of carboxylic acids is 2. The number of nitrogens with one attached hydrogen (secondary N) is 2. The van der Waals surface area contributed by atoms with Crippen molar-refractivity contribution in [1.82, 2.24) is 4.90 Å². The Balaban J connectivity index is 0.00000127. The minimum Gasteiger partial charge on any atom is -0.508 e. The molecule has 4 aromatic rings. The van der Waals surface area contributed by atoms with Crippen LogP contribution in [0.5, 0.6) is 11.5 Å². The zero-order valence-electron chi connectivity index (χ0n) is 31.0. The van der Waals surface area contributed by atoms with E-state index in [4.69, 9.17) is 26.5 Å². The highest BCUT2D eigenvalue weighted by Gasteiger charge is 2.26. The second-order valence-electron chi connectivity index (χ2n) is 13.8. The van der Waals surface area contributed by atoms with Crippen molar-refractivity contribution in [2.45, 2.75) is 52.0 Å². The van der Waals surface area contributed by atoms with E-state index in [0.29, 0.717) is 50.3 Å². The third-order valence-electron chi connectivity index (χ3n) is 9.81. The molecular weight excluding hydrogens is 731 g/mol. The number of aromatic hydroxyl groups is 2. The number of aromatic carboxylic acids is 1. The number of benzene rings is 5.